The van der Waals surface area contributed by atoms with Crippen LogP contribution in [0.3, 0.4) is 0 Å². The van der Waals surface area contributed by atoms with Crippen molar-refractivity contribution in [1.82, 2.24) is 9.80 Å². The van der Waals surface area contributed by atoms with Gasteiger partial charge >= 0.3 is 6.09 Å². The normalized spacial score (nSPS) is 14.2. The lowest BCUT2D eigenvalue weighted by atomic mass is 10.0. The van der Waals surface area contributed by atoms with Crippen molar-refractivity contribution >= 4 is 22.8 Å². The van der Waals surface area contributed by atoms with Gasteiger partial charge in [-0.25, -0.2) is 4.79 Å². The molecule has 1 aliphatic rings. The van der Waals surface area contributed by atoms with Gasteiger partial charge in [-0.3, -0.25) is 4.79 Å². The SMILES string of the molecule is O=C(Oc1ccccc1)N1CCN(C(=O)c2cccc3ccccc23)CC1. The molecule has 3 aromatic rings. The number of amides is 2. The van der Waals surface area contributed by atoms with Crippen molar-refractivity contribution in [2.24, 2.45) is 0 Å². The average molecular weight is 360 g/mol. The summed E-state index contributed by atoms with van der Waals surface area (Å²) < 4.78 is 5.38. The molecule has 0 aromatic heterocycles. The van der Waals surface area contributed by atoms with Crippen LogP contribution in [0.15, 0.2) is 72.8 Å². The molecule has 1 saturated heterocycles. The number of ether oxygens (including phenoxy) is 1. The Morgan fingerprint density at radius 2 is 1.33 bits per heavy atom. The van der Waals surface area contributed by atoms with E-state index in [0.717, 1.165) is 10.8 Å². The highest BCUT2D eigenvalue weighted by Gasteiger charge is 2.26. The van der Waals surface area contributed by atoms with Crippen LogP contribution < -0.4 is 4.74 Å². The van der Waals surface area contributed by atoms with E-state index in [2.05, 4.69) is 0 Å². The van der Waals surface area contributed by atoms with Crippen LogP contribution in [-0.2, 0) is 0 Å². The van der Waals surface area contributed by atoms with Crippen molar-refractivity contribution in [2.75, 3.05) is 26.2 Å². The first-order chi connectivity index (χ1) is 13.2. The number of hydrogen-bond donors (Lipinski definition) is 0. The Balaban J connectivity index is 1.41. The molecule has 1 aliphatic heterocycles. The Morgan fingerprint density at radius 1 is 0.704 bits per heavy atom. The lowest BCUT2D eigenvalue weighted by Gasteiger charge is -2.34. The van der Waals surface area contributed by atoms with Crippen LogP contribution in [0.1, 0.15) is 10.4 Å². The zero-order valence-corrected chi connectivity index (χ0v) is 14.9. The van der Waals surface area contributed by atoms with Crippen LogP contribution in [-0.4, -0.2) is 48.0 Å². The van der Waals surface area contributed by atoms with E-state index in [-0.39, 0.29) is 12.0 Å². The summed E-state index contributed by atoms with van der Waals surface area (Å²) in [5, 5.41) is 2.00. The molecule has 0 bridgehead atoms. The number of carbonyl (C=O) groups excluding carboxylic acids is 2. The molecule has 5 heteroatoms. The van der Waals surface area contributed by atoms with E-state index in [9.17, 15) is 9.59 Å². The molecule has 0 saturated carbocycles. The van der Waals surface area contributed by atoms with Crippen LogP contribution in [0, 0.1) is 0 Å². The first kappa shape index (κ1) is 17.1. The molecule has 136 valence electrons. The standard InChI is InChI=1S/C22H20N2O3/c25-21(20-12-6-8-17-7-4-5-11-19(17)20)23-13-15-24(16-14-23)22(26)27-18-9-2-1-3-10-18/h1-12H,13-16H2. The second kappa shape index (κ2) is 7.50. The number of fused-ring (bicyclic) bond motifs is 1. The number of benzene rings is 3. The molecule has 5 nitrogen and oxygen atoms in total. The molecule has 27 heavy (non-hydrogen) atoms. The monoisotopic (exact) mass is 360 g/mol. The third kappa shape index (κ3) is 3.62. The highest BCUT2D eigenvalue weighted by molar-refractivity contribution is 6.07. The van der Waals surface area contributed by atoms with Crippen molar-refractivity contribution < 1.29 is 14.3 Å². The lowest BCUT2D eigenvalue weighted by molar-refractivity contribution is 0.0635. The molecule has 0 atom stereocenters. The summed E-state index contributed by atoms with van der Waals surface area (Å²) in [6.07, 6.45) is -0.376. The quantitative estimate of drug-likeness (QED) is 0.698. The first-order valence-electron chi connectivity index (χ1n) is 9.01. The lowest BCUT2D eigenvalue weighted by Crippen LogP contribution is -2.51. The third-order valence-corrected chi connectivity index (χ3v) is 4.79. The maximum atomic E-state index is 13.0. The molecule has 0 radical (unpaired) electrons. The van der Waals surface area contributed by atoms with Gasteiger partial charge in [-0.1, -0.05) is 54.6 Å². The summed E-state index contributed by atoms with van der Waals surface area (Å²) in [4.78, 5) is 28.7. The van der Waals surface area contributed by atoms with Crippen LogP contribution >= 0.6 is 0 Å². The molecular weight excluding hydrogens is 340 g/mol. The van der Waals surface area contributed by atoms with Gasteiger partial charge in [0.15, 0.2) is 0 Å². The van der Waals surface area contributed by atoms with Gasteiger partial charge in [-0.05, 0) is 29.0 Å². The van der Waals surface area contributed by atoms with E-state index >= 15 is 0 Å². The molecule has 0 N–H and O–H groups in total. The minimum absolute atomic E-state index is 0.00266. The van der Waals surface area contributed by atoms with E-state index in [1.54, 1.807) is 21.9 Å². The third-order valence-electron chi connectivity index (χ3n) is 4.79. The van der Waals surface area contributed by atoms with Gasteiger partial charge in [-0.2, -0.15) is 0 Å². The van der Waals surface area contributed by atoms with Crippen LogP contribution in [0.25, 0.3) is 10.8 Å². The Kier molecular flexibility index (Phi) is 4.75. The number of hydrogen-bond acceptors (Lipinski definition) is 3. The number of piperazine rings is 1. The highest BCUT2D eigenvalue weighted by atomic mass is 16.6. The maximum absolute atomic E-state index is 13.0. The van der Waals surface area contributed by atoms with Gasteiger partial charge in [0, 0.05) is 31.7 Å². The minimum atomic E-state index is -0.376. The van der Waals surface area contributed by atoms with Gasteiger partial charge in [0.05, 0.1) is 0 Å². The number of rotatable bonds is 2. The molecule has 3 aromatic carbocycles. The summed E-state index contributed by atoms with van der Waals surface area (Å²) in [5.74, 6) is 0.527. The maximum Gasteiger partial charge on any atom is 0.415 e. The summed E-state index contributed by atoms with van der Waals surface area (Å²) in [5.41, 5.74) is 0.702. The second-order valence-electron chi connectivity index (χ2n) is 6.49. The Hall–Kier alpha value is -3.34. The zero-order chi connectivity index (χ0) is 18.6. The van der Waals surface area contributed by atoms with E-state index in [1.165, 1.54) is 0 Å². The molecule has 0 spiro atoms. The van der Waals surface area contributed by atoms with Crippen molar-refractivity contribution in [3.8, 4) is 5.75 Å². The summed E-state index contributed by atoms with van der Waals surface area (Å²) in [7, 11) is 0. The van der Waals surface area contributed by atoms with E-state index < -0.39 is 0 Å². The Labute approximate surface area is 157 Å². The van der Waals surface area contributed by atoms with Crippen LogP contribution in [0.2, 0.25) is 0 Å². The number of carbonyl (C=O) groups is 2. The predicted octanol–water partition coefficient (Wildman–Crippen LogP) is 3.80. The molecular formula is C22H20N2O3. The predicted molar refractivity (Wildman–Crippen MR) is 104 cm³/mol. The Bertz CT molecular complexity index is 958. The smallest absolute Gasteiger partial charge is 0.410 e. The van der Waals surface area contributed by atoms with Gasteiger partial charge in [0.2, 0.25) is 0 Å². The molecule has 2 amide bonds. The first-order valence-corrected chi connectivity index (χ1v) is 9.01. The fourth-order valence-corrected chi connectivity index (χ4v) is 3.33. The van der Waals surface area contributed by atoms with E-state index in [1.807, 2.05) is 60.7 Å². The topological polar surface area (TPSA) is 49.9 Å². The van der Waals surface area contributed by atoms with E-state index in [4.69, 9.17) is 4.74 Å². The molecule has 1 fully saturated rings. The number of para-hydroxylation sites is 1. The van der Waals surface area contributed by atoms with Crippen molar-refractivity contribution in [3.63, 3.8) is 0 Å². The highest BCUT2D eigenvalue weighted by Crippen LogP contribution is 2.21. The molecule has 4 rings (SSSR count). The van der Waals surface area contributed by atoms with Gasteiger partial charge in [0.25, 0.3) is 5.91 Å². The average Bonchev–Trinajstić information content (AvgIpc) is 2.73. The molecule has 0 unspecified atom stereocenters. The summed E-state index contributed by atoms with van der Waals surface area (Å²) >= 11 is 0. The van der Waals surface area contributed by atoms with Crippen molar-refractivity contribution in [2.45, 2.75) is 0 Å². The number of nitrogens with zero attached hydrogens (tertiary/aromatic N) is 2. The van der Waals surface area contributed by atoms with Gasteiger partial charge < -0.3 is 14.5 Å². The zero-order valence-electron chi connectivity index (χ0n) is 14.9. The fraction of sp³-hybridized carbons (Fsp3) is 0.182. The van der Waals surface area contributed by atoms with Gasteiger partial charge in [-0.15, -0.1) is 0 Å². The molecule has 1 heterocycles. The van der Waals surface area contributed by atoms with Crippen molar-refractivity contribution in [1.29, 1.82) is 0 Å². The molecule has 0 aliphatic carbocycles. The van der Waals surface area contributed by atoms with Gasteiger partial charge in [0.1, 0.15) is 5.75 Å². The summed E-state index contributed by atoms with van der Waals surface area (Å²) in [6, 6.07) is 22.7. The van der Waals surface area contributed by atoms with E-state index in [0.29, 0.717) is 37.5 Å². The Morgan fingerprint density at radius 3 is 2.11 bits per heavy atom. The largest absolute Gasteiger partial charge is 0.415 e. The van der Waals surface area contributed by atoms with Crippen LogP contribution in [0.4, 0.5) is 4.79 Å². The van der Waals surface area contributed by atoms with Crippen molar-refractivity contribution in [3.05, 3.63) is 78.4 Å². The second-order valence-corrected chi connectivity index (χ2v) is 6.49. The summed E-state index contributed by atoms with van der Waals surface area (Å²) in [6.45, 7) is 1.90. The van der Waals surface area contributed by atoms with Crippen LogP contribution in [0.5, 0.6) is 5.75 Å². The minimum Gasteiger partial charge on any atom is -0.410 e. The fourth-order valence-electron chi connectivity index (χ4n) is 3.33.